The topological polar surface area (TPSA) is 46.3 Å². The van der Waals surface area contributed by atoms with Crippen LogP contribution >= 0.6 is 11.3 Å². The van der Waals surface area contributed by atoms with Crippen LogP contribution in [0, 0.1) is 0 Å². The molecule has 0 amide bonds. The molecule has 0 unspecified atom stereocenters. The van der Waals surface area contributed by atoms with Crippen molar-refractivity contribution in [1.29, 1.82) is 0 Å². The zero-order chi connectivity index (χ0) is 12.4. The maximum Gasteiger partial charge on any atom is 0.203 e. The second-order valence-electron chi connectivity index (χ2n) is 3.97. The van der Waals surface area contributed by atoms with Crippen LogP contribution in [-0.4, -0.2) is 19.9 Å². The van der Waals surface area contributed by atoms with Crippen molar-refractivity contribution in [2.24, 2.45) is 0 Å². The molecule has 0 aliphatic carbocycles. The summed E-state index contributed by atoms with van der Waals surface area (Å²) in [6.07, 6.45) is 0. The molecule has 2 aromatic rings. The van der Waals surface area contributed by atoms with E-state index in [1.165, 1.54) is 11.3 Å². The van der Waals surface area contributed by atoms with Gasteiger partial charge in [-0.25, -0.2) is 0 Å². The molecular weight excluding hydrogens is 232 g/mol. The van der Waals surface area contributed by atoms with E-state index >= 15 is 0 Å². The number of nitrogen functional groups attached to an aromatic ring is 1. The summed E-state index contributed by atoms with van der Waals surface area (Å²) in [5.74, 6) is 0.0250. The van der Waals surface area contributed by atoms with Gasteiger partial charge in [-0.2, -0.15) is 0 Å². The summed E-state index contributed by atoms with van der Waals surface area (Å²) in [7, 11) is 3.85. The van der Waals surface area contributed by atoms with Crippen LogP contribution in [0.15, 0.2) is 35.7 Å². The number of nitrogens with two attached hydrogens (primary N) is 1. The Kier molecular flexibility index (Phi) is 3.15. The number of nitrogens with zero attached hydrogens (tertiary/aromatic N) is 1. The summed E-state index contributed by atoms with van der Waals surface area (Å²) < 4.78 is 0. The number of hydrogen-bond donors (Lipinski definition) is 1. The minimum absolute atomic E-state index is 0.0250. The molecule has 0 bridgehead atoms. The maximum absolute atomic E-state index is 12.1. The summed E-state index contributed by atoms with van der Waals surface area (Å²) in [5, 5.41) is 1.89. The van der Waals surface area contributed by atoms with Crippen molar-refractivity contribution in [3.05, 3.63) is 46.2 Å². The largest absolute Gasteiger partial charge is 0.397 e. The Morgan fingerprint density at radius 1 is 1.29 bits per heavy atom. The summed E-state index contributed by atoms with van der Waals surface area (Å²) in [6.45, 7) is 0. The Labute approximate surface area is 104 Å². The Bertz CT molecular complexity index is 532. The van der Waals surface area contributed by atoms with E-state index in [2.05, 4.69) is 0 Å². The van der Waals surface area contributed by atoms with E-state index < -0.39 is 0 Å². The highest BCUT2D eigenvalue weighted by Gasteiger charge is 2.12. The smallest absolute Gasteiger partial charge is 0.203 e. The van der Waals surface area contributed by atoms with Crippen molar-refractivity contribution in [3.8, 4) is 0 Å². The van der Waals surface area contributed by atoms with E-state index in [-0.39, 0.29) is 5.78 Å². The first-order valence-electron chi connectivity index (χ1n) is 5.24. The van der Waals surface area contributed by atoms with Gasteiger partial charge in [0.25, 0.3) is 0 Å². The zero-order valence-corrected chi connectivity index (χ0v) is 10.6. The van der Waals surface area contributed by atoms with Gasteiger partial charge < -0.3 is 10.6 Å². The number of rotatable bonds is 3. The fraction of sp³-hybridized carbons (Fsp3) is 0.154. The van der Waals surface area contributed by atoms with Crippen molar-refractivity contribution >= 4 is 28.5 Å². The molecule has 4 heteroatoms. The van der Waals surface area contributed by atoms with Gasteiger partial charge in [0, 0.05) is 19.7 Å². The number of carbonyl (C=O) groups excluding carboxylic acids is 1. The van der Waals surface area contributed by atoms with Gasteiger partial charge in [0.15, 0.2) is 0 Å². The van der Waals surface area contributed by atoms with Crippen LogP contribution in [0.5, 0.6) is 0 Å². The van der Waals surface area contributed by atoms with Crippen LogP contribution in [-0.2, 0) is 0 Å². The van der Waals surface area contributed by atoms with E-state index in [1.807, 2.05) is 48.6 Å². The molecule has 0 radical (unpaired) electrons. The second kappa shape index (κ2) is 4.59. The summed E-state index contributed by atoms with van der Waals surface area (Å²) in [5.41, 5.74) is 8.10. The average Bonchev–Trinajstić information content (AvgIpc) is 2.80. The standard InChI is InChI=1S/C13H14N2OS/c1-15(2)11-6-5-9(8-10(11)14)13(16)12-4-3-7-17-12/h3-8H,14H2,1-2H3. The van der Waals surface area contributed by atoms with Gasteiger partial charge in [-0.05, 0) is 29.6 Å². The van der Waals surface area contributed by atoms with Crippen LogP contribution in [0.4, 0.5) is 11.4 Å². The SMILES string of the molecule is CN(C)c1ccc(C(=O)c2cccs2)cc1N. The van der Waals surface area contributed by atoms with Gasteiger partial charge >= 0.3 is 0 Å². The fourth-order valence-corrected chi connectivity index (χ4v) is 2.34. The Balaban J connectivity index is 2.35. The maximum atomic E-state index is 12.1. The van der Waals surface area contributed by atoms with Gasteiger partial charge in [-0.15, -0.1) is 11.3 Å². The van der Waals surface area contributed by atoms with Gasteiger partial charge in [-0.1, -0.05) is 6.07 Å². The van der Waals surface area contributed by atoms with Crippen LogP contribution in [0.2, 0.25) is 0 Å². The molecule has 0 atom stereocenters. The molecule has 0 spiro atoms. The molecule has 0 aliphatic rings. The first-order valence-corrected chi connectivity index (χ1v) is 6.12. The lowest BCUT2D eigenvalue weighted by Gasteiger charge is -2.15. The minimum Gasteiger partial charge on any atom is -0.397 e. The van der Waals surface area contributed by atoms with Crippen molar-refractivity contribution in [1.82, 2.24) is 0 Å². The molecule has 17 heavy (non-hydrogen) atoms. The van der Waals surface area contributed by atoms with Crippen LogP contribution in [0.3, 0.4) is 0 Å². The first-order chi connectivity index (χ1) is 8.09. The molecular formula is C13H14N2OS. The Hall–Kier alpha value is -1.81. The predicted octanol–water partition coefficient (Wildman–Crippen LogP) is 2.63. The molecule has 0 saturated carbocycles. The number of carbonyl (C=O) groups is 1. The lowest BCUT2D eigenvalue weighted by atomic mass is 10.1. The van der Waals surface area contributed by atoms with Crippen molar-refractivity contribution in [2.75, 3.05) is 24.7 Å². The molecule has 0 saturated heterocycles. The molecule has 1 aromatic heterocycles. The van der Waals surface area contributed by atoms with Gasteiger partial charge in [-0.3, -0.25) is 4.79 Å². The quantitative estimate of drug-likeness (QED) is 0.669. The Morgan fingerprint density at radius 2 is 2.06 bits per heavy atom. The molecule has 1 heterocycles. The third-order valence-corrected chi connectivity index (χ3v) is 3.39. The number of hydrogen-bond acceptors (Lipinski definition) is 4. The zero-order valence-electron chi connectivity index (χ0n) is 9.81. The van der Waals surface area contributed by atoms with Crippen molar-refractivity contribution < 1.29 is 4.79 Å². The lowest BCUT2D eigenvalue weighted by Crippen LogP contribution is -2.11. The molecule has 2 rings (SSSR count). The van der Waals surface area contributed by atoms with E-state index in [0.717, 1.165) is 10.6 Å². The summed E-state index contributed by atoms with van der Waals surface area (Å²) >= 11 is 1.44. The minimum atomic E-state index is 0.0250. The second-order valence-corrected chi connectivity index (χ2v) is 4.92. The average molecular weight is 246 g/mol. The third kappa shape index (κ3) is 2.31. The van der Waals surface area contributed by atoms with Gasteiger partial charge in [0.1, 0.15) is 0 Å². The monoisotopic (exact) mass is 246 g/mol. The highest BCUT2D eigenvalue weighted by atomic mass is 32.1. The first kappa shape index (κ1) is 11.7. The summed E-state index contributed by atoms with van der Waals surface area (Å²) in [6, 6.07) is 9.11. The lowest BCUT2D eigenvalue weighted by molar-refractivity contribution is 0.104. The molecule has 2 N–H and O–H groups in total. The van der Waals surface area contributed by atoms with E-state index in [4.69, 9.17) is 5.73 Å². The molecule has 0 fully saturated rings. The van der Waals surface area contributed by atoms with Crippen molar-refractivity contribution in [2.45, 2.75) is 0 Å². The fourth-order valence-electron chi connectivity index (χ4n) is 1.65. The number of thiophene rings is 1. The van der Waals surface area contributed by atoms with E-state index in [1.54, 1.807) is 6.07 Å². The summed E-state index contributed by atoms with van der Waals surface area (Å²) in [4.78, 5) is 14.7. The van der Waals surface area contributed by atoms with E-state index in [0.29, 0.717) is 11.3 Å². The molecule has 3 nitrogen and oxygen atoms in total. The molecule has 0 aliphatic heterocycles. The van der Waals surface area contributed by atoms with E-state index in [9.17, 15) is 4.79 Å². The van der Waals surface area contributed by atoms with Gasteiger partial charge in [0.05, 0.1) is 16.3 Å². The van der Waals surface area contributed by atoms with Crippen molar-refractivity contribution in [3.63, 3.8) is 0 Å². The number of ketones is 1. The third-order valence-electron chi connectivity index (χ3n) is 2.52. The van der Waals surface area contributed by atoms with Crippen LogP contribution < -0.4 is 10.6 Å². The number of benzene rings is 1. The van der Waals surface area contributed by atoms with Gasteiger partial charge in [0.2, 0.25) is 5.78 Å². The highest BCUT2D eigenvalue weighted by molar-refractivity contribution is 7.12. The van der Waals surface area contributed by atoms with Crippen LogP contribution in [0.25, 0.3) is 0 Å². The number of anilines is 2. The molecule has 88 valence electrons. The highest BCUT2D eigenvalue weighted by Crippen LogP contribution is 2.24. The Morgan fingerprint density at radius 3 is 2.59 bits per heavy atom. The van der Waals surface area contributed by atoms with Crippen LogP contribution in [0.1, 0.15) is 15.2 Å². The predicted molar refractivity (Wildman–Crippen MR) is 72.9 cm³/mol. The normalized spacial score (nSPS) is 10.2. The molecule has 1 aromatic carbocycles.